The van der Waals surface area contributed by atoms with Crippen LogP contribution >= 0.6 is 11.3 Å². The predicted molar refractivity (Wildman–Crippen MR) is 45.3 cm³/mol. The van der Waals surface area contributed by atoms with Crippen LogP contribution in [0.1, 0.15) is 4.88 Å². The van der Waals surface area contributed by atoms with Gasteiger partial charge in [0.1, 0.15) is 6.33 Å². The van der Waals surface area contributed by atoms with E-state index in [1.54, 1.807) is 17.7 Å². The molecule has 0 fully saturated rings. The van der Waals surface area contributed by atoms with E-state index in [-0.39, 0.29) is 0 Å². The van der Waals surface area contributed by atoms with E-state index >= 15 is 0 Å². The SMILES string of the molecule is NCc1cc2ncncc2s1. The van der Waals surface area contributed by atoms with Gasteiger partial charge in [0.15, 0.2) is 0 Å². The number of hydrogen-bond donors (Lipinski definition) is 1. The van der Waals surface area contributed by atoms with Gasteiger partial charge in [0.05, 0.1) is 10.2 Å². The van der Waals surface area contributed by atoms with Crippen molar-refractivity contribution < 1.29 is 0 Å². The van der Waals surface area contributed by atoms with Gasteiger partial charge in [0.25, 0.3) is 0 Å². The van der Waals surface area contributed by atoms with Crippen molar-refractivity contribution in [3.63, 3.8) is 0 Å². The van der Waals surface area contributed by atoms with Crippen LogP contribution in [0.5, 0.6) is 0 Å². The lowest BCUT2D eigenvalue weighted by molar-refractivity contribution is 1.11. The molecule has 0 amide bonds. The van der Waals surface area contributed by atoms with Gasteiger partial charge in [-0.15, -0.1) is 11.3 Å². The molecule has 0 bridgehead atoms. The summed E-state index contributed by atoms with van der Waals surface area (Å²) in [4.78, 5) is 9.17. The molecule has 0 aliphatic heterocycles. The van der Waals surface area contributed by atoms with Crippen LogP contribution in [0.2, 0.25) is 0 Å². The second-order valence-electron chi connectivity index (χ2n) is 2.19. The molecule has 2 rings (SSSR count). The van der Waals surface area contributed by atoms with Gasteiger partial charge in [-0.05, 0) is 6.07 Å². The van der Waals surface area contributed by atoms with Gasteiger partial charge >= 0.3 is 0 Å². The molecule has 0 unspecified atom stereocenters. The van der Waals surface area contributed by atoms with Crippen molar-refractivity contribution in [2.24, 2.45) is 5.73 Å². The van der Waals surface area contributed by atoms with Crippen molar-refractivity contribution >= 4 is 21.6 Å². The smallest absolute Gasteiger partial charge is 0.116 e. The molecule has 2 heterocycles. The Morgan fingerprint density at radius 3 is 3.18 bits per heavy atom. The highest BCUT2D eigenvalue weighted by Crippen LogP contribution is 2.21. The number of fused-ring (bicyclic) bond motifs is 1. The van der Waals surface area contributed by atoms with Crippen molar-refractivity contribution in [2.75, 3.05) is 0 Å². The highest BCUT2D eigenvalue weighted by atomic mass is 32.1. The van der Waals surface area contributed by atoms with Crippen LogP contribution in [0.25, 0.3) is 10.2 Å². The second kappa shape index (κ2) is 2.56. The van der Waals surface area contributed by atoms with Gasteiger partial charge < -0.3 is 5.73 Å². The van der Waals surface area contributed by atoms with E-state index in [1.165, 1.54) is 0 Å². The molecular formula is C7H7N3S. The fraction of sp³-hybridized carbons (Fsp3) is 0.143. The fourth-order valence-corrected chi connectivity index (χ4v) is 1.80. The molecular weight excluding hydrogens is 158 g/mol. The Bertz CT molecular complexity index is 335. The summed E-state index contributed by atoms with van der Waals surface area (Å²) in [5, 5.41) is 0. The first-order valence-electron chi connectivity index (χ1n) is 3.28. The Hall–Kier alpha value is -1.00. The van der Waals surface area contributed by atoms with Crippen LogP contribution in [-0.2, 0) is 6.54 Å². The van der Waals surface area contributed by atoms with Gasteiger partial charge in [-0.2, -0.15) is 0 Å². The molecule has 0 spiro atoms. The molecule has 2 aromatic rings. The van der Waals surface area contributed by atoms with Crippen LogP contribution in [0.15, 0.2) is 18.6 Å². The van der Waals surface area contributed by atoms with E-state index in [9.17, 15) is 0 Å². The third-order valence-corrected chi connectivity index (χ3v) is 2.53. The van der Waals surface area contributed by atoms with Crippen LogP contribution in [0.3, 0.4) is 0 Å². The van der Waals surface area contributed by atoms with E-state index in [2.05, 4.69) is 9.97 Å². The topological polar surface area (TPSA) is 51.8 Å². The summed E-state index contributed by atoms with van der Waals surface area (Å²) in [5.74, 6) is 0. The first kappa shape index (κ1) is 6.69. The Labute approximate surface area is 67.9 Å². The summed E-state index contributed by atoms with van der Waals surface area (Å²) in [7, 11) is 0. The normalized spacial score (nSPS) is 10.6. The summed E-state index contributed by atoms with van der Waals surface area (Å²) in [6.07, 6.45) is 3.36. The fourth-order valence-electron chi connectivity index (χ4n) is 0.937. The summed E-state index contributed by atoms with van der Waals surface area (Å²) in [6.45, 7) is 0.584. The quantitative estimate of drug-likeness (QED) is 0.689. The first-order valence-corrected chi connectivity index (χ1v) is 4.10. The molecule has 11 heavy (non-hydrogen) atoms. The van der Waals surface area contributed by atoms with Gasteiger partial charge in [0.2, 0.25) is 0 Å². The Morgan fingerprint density at radius 2 is 2.45 bits per heavy atom. The number of hydrogen-bond acceptors (Lipinski definition) is 4. The number of nitrogens with zero attached hydrogens (tertiary/aromatic N) is 2. The Morgan fingerprint density at radius 1 is 1.55 bits per heavy atom. The third kappa shape index (κ3) is 1.10. The minimum Gasteiger partial charge on any atom is -0.326 e. The molecule has 0 saturated heterocycles. The molecule has 2 N–H and O–H groups in total. The average molecular weight is 165 g/mol. The van der Waals surface area contributed by atoms with E-state index in [0.717, 1.165) is 15.1 Å². The van der Waals surface area contributed by atoms with E-state index in [0.29, 0.717) is 6.54 Å². The average Bonchev–Trinajstić information content (AvgIpc) is 2.46. The van der Waals surface area contributed by atoms with Crippen LogP contribution in [-0.4, -0.2) is 9.97 Å². The third-order valence-electron chi connectivity index (χ3n) is 1.45. The molecule has 4 heteroatoms. The summed E-state index contributed by atoms with van der Waals surface area (Å²) in [5.41, 5.74) is 6.47. The van der Waals surface area contributed by atoms with Gasteiger partial charge in [-0.3, -0.25) is 0 Å². The maximum absolute atomic E-state index is 5.48. The van der Waals surface area contributed by atoms with Crippen molar-refractivity contribution in [2.45, 2.75) is 6.54 Å². The van der Waals surface area contributed by atoms with Gasteiger partial charge in [-0.25, -0.2) is 9.97 Å². The Balaban J connectivity index is 2.69. The standard InChI is InChI=1S/C7H7N3S/c8-2-5-1-6-7(11-5)3-9-4-10-6/h1,3-4H,2,8H2. The lowest BCUT2D eigenvalue weighted by Crippen LogP contribution is -1.91. The summed E-state index contributed by atoms with van der Waals surface area (Å²) in [6, 6.07) is 2.00. The van der Waals surface area contributed by atoms with E-state index in [1.807, 2.05) is 12.3 Å². The summed E-state index contributed by atoms with van der Waals surface area (Å²) < 4.78 is 1.10. The highest BCUT2D eigenvalue weighted by molar-refractivity contribution is 7.18. The highest BCUT2D eigenvalue weighted by Gasteiger charge is 1.99. The first-order chi connectivity index (χ1) is 5.40. The van der Waals surface area contributed by atoms with Crippen LogP contribution in [0, 0.1) is 0 Å². The van der Waals surface area contributed by atoms with Crippen molar-refractivity contribution in [3.05, 3.63) is 23.5 Å². The molecule has 0 saturated carbocycles. The summed E-state index contributed by atoms with van der Waals surface area (Å²) >= 11 is 1.65. The van der Waals surface area contributed by atoms with Crippen molar-refractivity contribution in [1.29, 1.82) is 0 Å². The molecule has 0 aromatic carbocycles. The van der Waals surface area contributed by atoms with Gasteiger partial charge in [-0.1, -0.05) is 0 Å². The number of rotatable bonds is 1. The zero-order valence-corrected chi connectivity index (χ0v) is 6.64. The minimum absolute atomic E-state index is 0.584. The lowest BCUT2D eigenvalue weighted by Gasteiger charge is -1.81. The zero-order valence-electron chi connectivity index (χ0n) is 5.82. The lowest BCUT2D eigenvalue weighted by atomic mass is 10.4. The largest absolute Gasteiger partial charge is 0.326 e. The van der Waals surface area contributed by atoms with Crippen molar-refractivity contribution in [1.82, 2.24) is 9.97 Å². The molecule has 0 atom stereocenters. The maximum Gasteiger partial charge on any atom is 0.116 e. The molecule has 0 aliphatic rings. The van der Waals surface area contributed by atoms with E-state index < -0.39 is 0 Å². The minimum atomic E-state index is 0.584. The second-order valence-corrected chi connectivity index (χ2v) is 3.36. The van der Waals surface area contributed by atoms with Crippen LogP contribution in [0.4, 0.5) is 0 Å². The molecule has 0 aliphatic carbocycles. The Kier molecular flexibility index (Phi) is 1.56. The molecule has 3 nitrogen and oxygen atoms in total. The molecule has 0 radical (unpaired) electrons. The van der Waals surface area contributed by atoms with Crippen LogP contribution < -0.4 is 5.73 Å². The van der Waals surface area contributed by atoms with E-state index in [4.69, 9.17) is 5.73 Å². The van der Waals surface area contributed by atoms with Gasteiger partial charge in [0, 0.05) is 17.6 Å². The molecule has 2 aromatic heterocycles. The van der Waals surface area contributed by atoms with Crippen molar-refractivity contribution in [3.8, 4) is 0 Å². The molecule has 56 valence electrons. The predicted octanol–water partition coefficient (Wildman–Crippen LogP) is 1.15. The monoisotopic (exact) mass is 165 g/mol. The zero-order chi connectivity index (χ0) is 7.68. The number of nitrogens with two attached hydrogens (primary N) is 1. The number of aromatic nitrogens is 2. The number of thiophene rings is 1. The maximum atomic E-state index is 5.48.